The maximum atomic E-state index is 11.3. The highest BCUT2D eigenvalue weighted by molar-refractivity contribution is 5.74. The van der Waals surface area contributed by atoms with Crippen molar-refractivity contribution in [2.24, 2.45) is 5.92 Å². The van der Waals surface area contributed by atoms with Crippen LogP contribution >= 0.6 is 0 Å². The molecule has 0 saturated carbocycles. The molecule has 2 unspecified atom stereocenters. The van der Waals surface area contributed by atoms with E-state index in [2.05, 4.69) is 24.5 Å². The molecule has 0 saturated heterocycles. The number of hydrogen-bond donors (Lipinski definition) is 2. The molecule has 0 bridgehead atoms. The van der Waals surface area contributed by atoms with Crippen molar-refractivity contribution >= 4 is 6.03 Å². The van der Waals surface area contributed by atoms with Crippen LogP contribution < -0.4 is 10.6 Å². The van der Waals surface area contributed by atoms with Gasteiger partial charge in [0, 0.05) is 12.1 Å². The third kappa shape index (κ3) is 5.50. The van der Waals surface area contributed by atoms with Crippen molar-refractivity contribution in [1.29, 1.82) is 0 Å². The van der Waals surface area contributed by atoms with Gasteiger partial charge in [0.05, 0.1) is 0 Å². The number of rotatable bonds is 4. The van der Waals surface area contributed by atoms with E-state index in [1.165, 1.54) is 0 Å². The van der Waals surface area contributed by atoms with Gasteiger partial charge in [0.15, 0.2) is 0 Å². The molecule has 0 aromatic heterocycles. The quantitative estimate of drug-likeness (QED) is 0.694. The largest absolute Gasteiger partial charge is 0.336 e. The summed E-state index contributed by atoms with van der Waals surface area (Å²) in [5.74, 6) is 0.526. The first kappa shape index (κ1) is 12.3. The van der Waals surface area contributed by atoms with Gasteiger partial charge >= 0.3 is 6.03 Å². The van der Waals surface area contributed by atoms with Gasteiger partial charge in [-0.15, -0.1) is 0 Å². The summed E-state index contributed by atoms with van der Waals surface area (Å²) in [5, 5.41) is 5.71. The molecule has 3 nitrogen and oxygen atoms in total. The van der Waals surface area contributed by atoms with Gasteiger partial charge < -0.3 is 10.6 Å². The van der Waals surface area contributed by atoms with Gasteiger partial charge in [0.1, 0.15) is 0 Å². The molecule has 2 atom stereocenters. The number of carbonyl (C=O) groups excluding carboxylic acids is 1. The summed E-state index contributed by atoms with van der Waals surface area (Å²) >= 11 is 0. The zero-order valence-electron chi connectivity index (χ0n) is 9.35. The highest BCUT2D eigenvalue weighted by Crippen LogP contribution is 2.05. The summed E-state index contributed by atoms with van der Waals surface area (Å²) in [7, 11) is 0. The van der Waals surface area contributed by atoms with Crippen LogP contribution in [0.15, 0.2) is 0 Å². The predicted octanol–water partition coefficient (Wildman–Crippen LogP) is 2.13. The predicted molar refractivity (Wildman–Crippen MR) is 55.7 cm³/mol. The Kier molecular flexibility index (Phi) is 5.51. The van der Waals surface area contributed by atoms with Crippen LogP contribution in [-0.2, 0) is 0 Å². The van der Waals surface area contributed by atoms with Crippen LogP contribution in [0.1, 0.15) is 41.0 Å². The molecule has 0 aliphatic carbocycles. The van der Waals surface area contributed by atoms with Crippen LogP contribution in [0.2, 0.25) is 0 Å². The van der Waals surface area contributed by atoms with Crippen molar-refractivity contribution in [1.82, 2.24) is 10.6 Å². The summed E-state index contributed by atoms with van der Waals surface area (Å²) in [5.41, 5.74) is 0. The van der Waals surface area contributed by atoms with E-state index in [0.717, 1.165) is 6.42 Å². The Bertz CT molecular complexity index is 157. The molecule has 0 aromatic carbocycles. The van der Waals surface area contributed by atoms with Gasteiger partial charge in [-0.25, -0.2) is 4.79 Å². The van der Waals surface area contributed by atoms with Crippen molar-refractivity contribution in [2.75, 3.05) is 0 Å². The van der Waals surface area contributed by atoms with E-state index >= 15 is 0 Å². The zero-order chi connectivity index (χ0) is 10.4. The molecule has 0 spiro atoms. The van der Waals surface area contributed by atoms with Crippen molar-refractivity contribution in [2.45, 2.75) is 53.1 Å². The van der Waals surface area contributed by atoms with Crippen LogP contribution in [-0.4, -0.2) is 18.1 Å². The Morgan fingerprint density at radius 3 is 2.08 bits per heavy atom. The van der Waals surface area contributed by atoms with Crippen molar-refractivity contribution in [3.05, 3.63) is 0 Å². The summed E-state index contributed by atoms with van der Waals surface area (Å²) in [6, 6.07) is 0.371. The molecule has 0 heterocycles. The van der Waals surface area contributed by atoms with Gasteiger partial charge in [-0.3, -0.25) is 0 Å². The standard InChI is InChI=1S/C10H22N2O/c1-6-8(4)9(5)12-10(13)11-7(2)3/h7-9H,6H2,1-5H3,(H2,11,12,13). The Morgan fingerprint density at radius 1 is 1.15 bits per heavy atom. The minimum absolute atomic E-state index is 0.0669. The van der Waals surface area contributed by atoms with E-state index in [4.69, 9.17) is 0 Å². The molecule has 13 heavy (non-hydrogen) atoms. The van der Waals surface area contributed by atoms with E-state index in [0.29, 0.717) is 5.92 Å². The van der Waals surface area contributed by atoms with Crippen LogP contribution in [0, 0.1) is 5.92 Å². The van der Waals surface area contributed by atoms with Crippen molar-refractivity contribution < 1.29 is 4.79 Å². The smallest absolute Gasteiger partial charge is 0.315 e. The van der Waals surface area contributed by atoms with E-state index in [9.17, 15) is 4.79 Å². The van der Waals surface area contributed by atoms with Crippen molar-refractivity contribution in [3.8, 4) is 0 Å². The second kappa shape index (κ2) is 5.84. The molecule has 2 amide bonds. The Balaban J connectivity index is 3.77. The molecule has 0 aliphatic rings. The molecule has 0 rings (SSSR count). The molecule has 3 heteroatoms. The van der Waals surface area contributed by atoms with Crippen LogP contribution in [0.5, 0.6) is 0 Å². The lowest BCUT2D eigenvalue weighted by Crippen LogP contribution is -2.45. The van der Waals surface area contributed by atoms with Gasteiger partial charge in [0.25, 0.3) is 0 Å². The number of carbonyl (C=O) groups is 1. The Morgan fingerprint density at radius 2 is 1.69 bits per heavy atom. The van der Waals surface area contributed by atoms with Crippen LogP contribution in [0.4, 0.5) is 4.79 Å². The topological polar surface area (TPSA) is 41.1 Å². The van der Waals surface area contributed by atoms with Crippen LogP contribution in [0.3, 0.4) is 0 Å². The highest BCUT2D eigenvalue weighted by Gasteiger charge is 2.12. The normalized spacial score (nSPS) is 15.2. The average molecular weight is 186 g/mol. The molecule has 78 valence electrons. The summed E-state index contributed by atoms with van der Waals surface area (Å²) in [4.78, 5) is 11.3. The van der Waals surface area contributed by atoms with Crippen molar-refractivity contribution in [3.63, 3.8) is 0 Å². The fourth-order valence-corrected chi connectivity index (χ4v) is 1.01. The fraction of sp³-hybridized carbons (Fsp3) is 0.900. The molecule has 2 N–H and O–H groups in total. The van der Waals surface area contributed by atoms with Gasteiger partial charge in [-0.1, -0.05) is 20.3 Å². The minimum Gasteiger partial charge on any atom is -0.336 e. The lowest BCUT2D eigenvalue weighted by atomic mass is 10.0. The monoisotopic (exact) mass is 186 g/mol. The van der Waals surface area contributed by atoms with Gasteiger partial charge in [-0.05, 0) is 26.7 Å². The number of urea groups is 1. The molecule has 0 fully saturated rings. The molecule has 0 aliphatic heterocycles. The van der Waals surface area contributed by atoms with E-state index in [1.807, 2.05) is 20.8 Å². The summed E-state index contributed by atoms with van der Waals surface area (Å²) < 4.78 is 0. The van der Waals surface area contributed by atoms with Gasteiger partial charge in [-0.2, -0.15) is 0 Å². The molecule has 0 radical (unpaired) electrons. The molecular formula is C10H22N2O. The lowest BCUT2D eigenvalue weighted by molar-refractivity contribution is 0.231. The number of amides is 2. The first-order chi connectivity index (χ1) is 5.97. The van der Waals surface area contributed by atoms with E-state index in [1.54, 1.807) is 0 Å². The maximum Gasteiger partial charge on any atom is 0.315 e. The first-order valence-electron chi connectivity index (χ1n) is 5.04. The SMILES string of the molecule is CCC(C)C(C)NC(=O)NC(C)C. The van der Waals surface area contributed by atoms with E-state index < -0.39 is 0 Å². The lowest BCUT2D eigenvalue weighted by Gasteiger charge is -2.20. The van der Waals surface area contributed by atoms with E-state index in [-0.39, 0.29) is 18.1 Å². The number of nitrogens with one attached hydrogen (secondary N) is 2. The minimum atomic E-state index is -0.0669. The van der Waals surface area contributed by atoms with Gasteiger partial charge in [0.2, 0.25) is 0 Å². The Labute approximate surface area is 81.3 Å². The van der Waals surface area contributed by atoms with Crippen LogP contribution in [0.25, 0.3) is 0 Å². The third-order valence-corrected chi connectivity index (χ3v) is 2.28. The molecular weight excluding hydrogens is 164 g/mol. The summed E-state index contributed by atoms with van der Waals surface area (Å²) in [6.45, 7) is 10.2. The first-order valence-corrected chi connectivity index (χ1v) is 5.04. The highest BCUT2D eigenvalue weighted by atomic mass is 16.2. The second-order valence-electron chi connectivity index (χ2n) is 3.95. The zero-order valence-corrected chi connectivity index (χ0v) is 9.35. The number of hydrogen-bond acceptors (Lipinski definition) is 1. The third-order valence-electron chi connectivity index (χ3n) is 2.28. The second-order valence-corrected chi connectivity index (χ2v) is 3.95. The fourth-order valence-electron chi connectivity index (χ4n) is 1.01. The average Bonchev–Trinajstić information content (AvgIpc) is 2.01. The Hall–Kier alpha value is -0.730. The molecule has 0 aromatic rings. The summed E-state index contributed by atoms with van der Waals surface area (Å²) in [6.07, 6.45) is 1.09. The maximum absolute atomic E-state index is 11.3.